The van der Waals surface area contributed by atoms with Gasteiger partial charge in [-0.25, -0.2) is 0 Å². The molecule has 1 heterocycles. The normalized spacial score (nSPS) is 10.3. The minimum absolute atomic E-state index is 0.241. The van der Waals surface area contributed by atoms with Gasteiger partial charge in [-0.3, -0.25) is 4.79 Å². The zero-order valence-electron chi connectivity index (χ0n) is 11.8. The Morgan fingerprint density at radius 2 is 2.10 bits per heavy atom. The van der Waals surface area contributed by atoms with E-state index in [9.17, 15) is 4.79 Å². The van der Waals surface area contributed by atoms with Crippen molar-refractivity contribution < 1.29 is 14.3 Å². The highest BCUT2D eigenvalue weighted by atomic mass is 35.5. The van der Waals surface area contributed by atoms with Gasteiger partial charge in [0, 0.05) is 19.2 Å². The third-order valence-corrected chi connectivity index (χ3v) is 3.83. The van der Waals surface area contributed by atoms with Crippen LogP contribution in [0.25, 0.3) is 0 Å². The van der Waals surface area contributed by atoms with Crippen LogP contribution in [0.3, 0.4) is 0 Å². The second kappa shape index (κ2) is 6.73. The molecule has 21 heavy (non-hydrogen) atoms. The van der Waals surface area contributed by atoms with Gasteiger partial charge in [-0.1, -0.05) is 23.5 Å². The number of para-hydroxylation sites is 1. The van der Waals surface area contributed by atoms with Gasteiger partial charge in [0.2, 0.25) is 9.47 Å². The fourth-order valence-electron chi connectivity index (χ4n) is 1.86. The molecule has 0 radical (unpaired) electrons. The summed E-state index contributed by atoms with van der Waals surface area (Å²) < 4.78 is 10.8. The topological polar surface area (TPSA) is 64.5 Å². The van der Waals surface area contributed by atoms with Crippen molar-refractivity contribution in [1.82, 2.24) is 15.1 Å². The Labute approximate surface area is 131 Å². The molecule has 1 aromatic heterocycles. The molecule has 0 bridgehead atoms. The average molecular weight is 328 g/mol. The summed E-state index contributed by atoms with van der Waals surface area (Å²) in [6.45, 7) is 0.358. The largest absolute Gasteiger partial charge is 0.493 e. The molecule has 0 aliphatic heterocycles. The molecular formula is C13H14ClN3O3S. The maximum Gasteiger partial charge on any atom is 0.284 e. The standard InChI is InChI=1S/C13H14ClN3O3S/c1-17(12(18)11-15-16-13(14)21-11)7-8-5-4-6-9(19-2)10(8)20-3/h4-6H,7H2,1-3H3. The Bertz CT molecular complexity index is 647. The molecule has 1 amide bonds. The van der Waals surface area contributed by atoms with Crippen LogP contribution in [-0.4, -0.2) is 42.3 Å². The Hall–Kier alpha value is -1.86. The Balaban J connectivity index is 2.19. The lowest BCUT2D eigenvalue weighted by Crippen LogP contribution is -2.26. The van der Waals surface area contributed by atoms with E-state index >= 15 is 0 Å². The smallest absolute Gasteiger partial charge is 0.284 e. The summed E-state index contributed by atoms with van der Waals surface area (Å²) in [6.07, 6.45) is 0. The monoisotopic (exact) mass is 327 g/mol. The summed E-state index contributed by atoms with van der Waals surface area (Å²) in [5, 5.41) is 7.63. The number of methoxy groups -OCH3 is 2. The molecule has 0 saturated carbocycles. The van der Waals surface area contributed by atoms with E-state index in [2.05, 4.69) is 10.2 Å². The molecule has 2 rings (SSSR count). The minimum Gasteiger partial charge on any atom is -0.493 e. The van der Waals surface area contributed by atoms with Crippen LogP contribution in [-0.2, 0) is 6.54 Å². The molecule has 8 heteroatoms. The number of rotatable bonds is 5. The lowest BCUT2D eigenvalue weighted by Gasteiger charge is -2.18. The van der Waals surface area contributed by atoms with Gasteiger partial charge in [-0.2, -0.15) is 0 Å². The summed E-state index contributed by atoms with van der Waals surface area (Å²) in [5.41, 5.74) is 0.836. The van der Waals surface area contributed by atoms with E-state index in [1.165, 1.54) is 4.90 Å². The van der Waals surface area contributed by atoms with Gasteiger partial charge in [-0.05, 0) is 17.7 Å². The van der Waals surface area contributed by atoms with Crippen molar-refractivity contribution in [3.8, 4) is 11.5 Å². The first-order valence-electron chi connectivity index (χ1n) is 6.01. The first-order chi connectivity index (χ1) is 10.1. The van der Waals surface area contributed by atoms with E-state index in [0.29, 0.717) is 18.0 Å². The molecule has 2 aromatic rings. The molecule has 0 aliphatic carbocycles. The maximum absolute atomic E-state index is 12.2. The number of carbonyl (C=O) groups is 1. The quantitative estimate of drug-likeness (QED) is 0.844. The molecule has 0 saturated heterocycles. The summed E-state index contributed by atoms with van der Waals surface area (Å²) in [4.78, 5) is 13.7. The highest BCUT2D eigenvalue weighted by Gasteiger charge is 2.19. The molecule has 0 N–H and O–H groups in total. The first kappa shape index (κ1) is 15.5. The fourth-order valence-corrected chi connectivity index (χ4v) is 2.68. The zero-order valence-corrected chi connectivity index (χ0v) is 13.4. The molecule has 0 atom stereocenters. The first-order valence-corrected chi connectivity index (χ1v) is 7.20. The highest BCUT2D eigenvalue weighted by Crippen LogP contribution is 2.31. The van der Waals surface area contributed by atoms with Crippen molar-refractivity contribution in [3.63, 3.8) is 0 Å². The van der Waals surface area contributed by atoms with E-state index < -0.39 is 0 Å². The number of hydrogen-bond donors (Lipinski definition) is 0. The van der Waals surface area contributed by atoms with Crippen molar-refractivity contribution in [3.05, 3.63) is 33.2 Å². The van der Waals surface area contributed by atoms with Gasteiger partial charge in [0.15, 0.2) is 11.5 Å². The van der Waals surface area contributed by atoms with Crippen LogP contribution in [0.5, 0.6) is 11.5 Å². The SMILES string of the molecule is COc1cccc(CN(C)C(=O)c2nnc(Cl)s2)c1OC. The molecule has 6 nitrogen and oxygen atoms in total. The van der Waals surface area contributed by atoms with Crippen LogP contribution < -0.4 is 9.47 Å². The van der Waals surface area contributed by atoms with Crippen molar-refractivity contribution in [2.75, 3.05) is 21.3 Å². The van der Waals surface area contributed by atoms with Crippen molar-refractivity contribution in [2.24, 2.45) is 0 Å². The van der Waals surface area contributed by atoms with Crippen molar-refractivity contribution in [2.45, 2.75) is 6.54 Å². The summed E-state index contributed by atoms with van der Waals surface area (Å²) in [7, 11) is 4.81. The lowest BCUT2D eigenvalue weighted by atomic mass is 10.1. The van der Waals surface area contributed by atoms with Gasteiger partial charge in [0.1, 0.15) is 0 Å². The van der Waals surface area contributed by atoms with Crippen LogP contribution in [0.4, 0.5) is 0 Å². The second-order valence-corrected chi connectivity index (χ2v) is 5.73. The third kappa shape index (κ3) is 3.43. The highest BCUT2D eigenvalue weighted by molar-refractivity contribution is 7.17. The molecule has 0 spiro atoms. The van der Waals surface area contributed by atoms with Crippen LogP contribution in [0.1, 0.15) is 15.4 Å². The van der Waals surface area contributed by atoms with Gasteiger partial charge in [-0.15, -0.1) is 10.2 Å². The molecule has 1 aromatic carbocycles. The Kier molecular flexibility index (Phi) is 4.98. The molecule has 0 unspecified atom stereocenters. The number of carbonyl (C=O) groups excluding carboxylic acids is 1. The Morgan fingerprint density at radius 1 is 1.33 bits per heavy atom. The van der Waals surface area contributed by atoms with Crippen LogP contribution in [0, 0.1) is 0 Å². The number of aromatic nitrogens is 2. The van der Waals surface area contributed by atoms with E-state index in [4.69, 9.17) is 21.1 Å². The molecule has 0 fully saturated rings. The van der Waals surface area contributed by atoms with E-state index in [1.807, 2.05) is 12.1 Å². The number of benzene rings is 1. The van der Waals surface area contributed by atoms with Crippen LogP contribution in [0.15, 0.2) is 18.2 Å². The van der Waals surface area contributed by atoms with Crippen LogP contribution >= 0.6 is 22.9 Å². The van der Waals surface area contributed by atoms with E-state index in [-0.39, 0.29) is 15.4 Å². The Morgan fingerprint density at radius 3 is 2.67 bits per heavy atom. The maximum atomic E-state index is 12.2. The van der Waals surface area contributed by atoms with Gasteiger partial charge < -0.3 is 14.4 Å². The van der Waals surface area contributed by atoms with Gasteiger partial charge in [0.05, 0.1) is 14.2 Å². The lowest BCUT2D eigenvalue weighted by molar-refractivity contribution is 0.0782. The summed E-state index contributed by atoms with van der Waals surface area (Å²) in [5.74, 6) is 0.981. The zero-order chi connectivity index (χ0) is 15.4. The fraction of sp³-hybridized carbons (Fsp3) is 0.308. The summed E-state index contributed by atoms with van der Waals surface area (Å²) in [6, 6.07) is 5.52. The van der Waals surface area contributed by atoms with E-state index in [0.717, 1.165) is 16.9 Å². The number of halogens is 1. The summed E-state index contributed by atoms with van der Waals surface area (Å²) >= 11 is 6.74. The minimum atomic E-state index is -0.246. The average Bonchev–Trinajstić information content (AvgIpc) is 2.92. The van der Waals surface area contributed by atoms with Gasteiger partial charge >= 0.3 is 0 Å². The second-order valence-electron chi connectivity index (χ2n) is 4.17. The molecule has 112 valence electrons. The van der Waals surface area contributed by atoms with Crippen LogP contribution in [0.2, 0.25) is 4.47 Å². The predicted molar refractivity (Wildman–Crippen MR) is 80.3 cm³/mol. The third-order valence-electron chi connectivity index (χ3n) is 2.82. The van der Waals surface area contributed by atoms with Gasteiger partial charge in [0.25, 0.3) is 5.91 Å². The number of ether oxygens (including phenoxy) is 2. The number of hydrogen-bond acceptors (Lipinski definition) is 6. The predicted octanol–water partition coefficient (Wildman–Crippen LogP) is 2.48. The molecule has 0 aliphatic rings. The van der Waals surface area contributed by atoms with E-state index in [1.54, 1.807) is 27.3 Å². The van der Waals surface area contributed by atoms with Crippen molar-refractivity contribution >= 4 is 28.8 Å². The molecular weight excluding hydrogens is 314 g/mol. The number of nitrogens with zero attached hydrogens (tertiary/aromatic N) is 3. The number of amides is 1. The van der Waals surface area contributed by atoms with Crippen molar-refractivity contribution in [1.29, 1.82) is 0 Å².